The molecule has 0 spiro atoms. The molecular weight excluding hydrogens is 274 g/mol. The van der Waals surface area contributed by atoms with Gasteiger partial charge in [-0.05, 0) is 61.1 Å². The van der Waals surface area contributed by atoms with E-state index in [0.29, 0.717) is 11.3 Å². The molecule has 0 saturated carbocycles. The predicted octanol–water partition coefficient (Wildman–Crippen LogP) is 3.67. The molecule has 3 nitrogen and oxygen atoms in total. The Morgan fingerprint density at radius 1 is 1.14 bits per heavy atom. The van der Waals surface area contributed by atoms with Gasteiger partial charge in [0.15, 0.2) is 0 Å². The van der Waals surface area contributed by atoms with Crippen LogP contribution in [0.25, 0.3) is 0 Å². The molecule has 0 fully saturated rings. The Hall–Kier alpha value is -2.29. The summed E-state index contributed by atoms with van der Waals surface area (Å²) in [6, 6.07) is 13.8. The van der Waals surface area contributed by atoms with Crippen LogP contribution in [0.1, 0.15) is 46.4 Å². The van der Waals surface area contributed by atoms with Crippen molar-refractivity contribution in [2.75, 3.05) is 7.11 Å². The molecule has 1 aliphatic carbocycles. The van der Waals surface area contributed by atoms with Crippen LogP contribution < -0.4 is 10.1 Å². The topological polar surface area (TPSA) is 38.3 Å². The van der Waals surface area contributed by atoms with E-state index in [4.69, 9.17) is 4.74 Å². The standard InChI is InChI=1S/C19H21NO2/c1-13(15-10-9-14-5-3-6-16(14)11-15)20-19(21)17-7-4-8-18(12-17)22-2/h4,7-13H,3,5-6H2,1-2H3,(H,20,21)/t13-/m0/s1. The Balaban J connectivity index is 1.73. The third-order valence-corrected chi connectivity index (χ3v) is 4.30. The average Bonchev–Trinajstić information content (AvgIpc) is 3.02. The lowest BCUT2D eigenvalue weighted by Crippen LogP contribution is -2.26. The lowest BCUT2D eigenvalue weighted by atomic mass is 10.0. The Kier molecular flexibility index (Phi) is 4.14. The second-order valence-electron chi connectivity index (χ2n) is 5.81. The van der Waals surface area contributed by atoms with Crippen LogP contribution in [-0.2, 0) is 12.8 Å². The monoisotopic (exact) mass is 295 g/mol. The number of hydrogen-bond donors (Lipinski definition) is 1. The van der Waals surface area contributed by atoms with Crippen molar-refractivity contribution in [3.05, 3.63) is 64.7 Å². The molecule has 3 rings (SSSR count). The number of fused-ring (bicyclic) bond motifs is 1. The fraction of sp³-hybridized carbons (Fsp3) is 0.316. The van der Waals surface area contributed by atoms with Gasteiger partial charge in [-0.25, -0.2) is 0 Å². The molecule has 1 atom stereocenters. The van der Waals surface area contributed by atoms with Crippen molar-refractivity contribution in [3.63, 3.8) is 0 Å². The highest BCUT2D eigenvalue weighted by molar-refractivity contribution is 5.94. The minimum Gasteiger partial charge on any atom is -0.497 e. The fourth-order valence-electron chi connectivity index (χ4n) is 2.99. The number of methoxy groups -OCH3 is 1. The minimum atomic E-state index is -0.0769. The SMILES string of the molecule is COc1cccc(C(=O)N[C@@H](C)c2ccc3c(c2)CCC3)c1. The number of nitrogens with one attached hydrogen (secondary N) is 1. The molecule has 0 aliphatic heterocycles. The van der Waals surface area contributed by atoms with Gasteiger partial charge in [-0.15, -0.1) is 0 Å². The Morgan fingerprint density at radius 2 is 1.95 bits per heavy atom. The molecule has 1 N–H and O–H groups in total. The zero-order valence-electron chi connectivity index (χ0n) is 13.1. The first-order chi connectivity index (χ1) is 10.7. The summed E-state index contributed by atoms with van der Waals surface area (Å²) in [5, 5.41) is 3.06. The molecule has 0 unspecified atom stereocenters. The Bertz CT molecular complexity index is 694. The van der Waals surface area contributed by atoms with E-state index in [1.54, 1.807) is 19.2 Å². The fourth-order valence-corrected chi connectivity index (χ4v) is 2.99. The average molecular weight is 295 g/mol. The zero-order valence-corrected chi connectivity index (χ0v) is 13.1. The molecule has 1 amide bonds. The Labute approximate surface area is 131 Å². The summed E-state index contributed by atoms with van der Waals surface area (Å²) in [5.41, 5.74) is 4.67. The number of carbonyl (C=O) groups is 1. The number of hydrogen-bond acceptors (Lipinski definition) is 2. The lowest BCUT2D eigenvalue weighted by Gasteiger charge is -2.16. The molecule has 0 radical (unpaired) electrons. The van der Waals surface area contributed by atoms with Gasteiger partial charge in [0, 0.05) is 5.56 Å². The molecule has 0 aromatic heterocycles. The van der Waals surface area contributed by atoms with Crippen LogP contribution in [0.3, 0.4) is 0 Å². The van der Waals surface area contributed by atoms with Crippen LogP contribution in [0.5, 0.6) is 5.75 Å². The summed E-state index contributed by atoms with van der Waals surface area (Å²) >= 11 is 0. The van der Waals surface area contributed by atoms with Gasteiger partial charge in [-0.2, -0.15) is 0 Å². The maximum atomic E-state index is 12.4. The van der Waals surface area contributed by atoms with Crippen molar-refractivity contribution < 1.29 is 9.53 Å². The van der Waals surface area contributed by atoms with E-state index in [1.165, 1.54) is 24.0 Å². The number of benzene rings is 2. The van der Waals surface area contributed by atoms with E-state index in [9.17, 15) is 4.79 Å². The molecule has 0 saturated heterocycles. The number of aryl methyl sites for hydroxylation is 2. The predicted molar refractivity (Wildman–Crippen MR) is 87.3 cm³/mol. The van der Waals surface area contributed by atoms with Crippen molar-refractivity contribution in [2.24, 2.45) is 0 Å². The highest BCUT2D eigenvalue weighted by Gasteiger charge is 2.15. The van der Waals surface area contributed by atoms with Crippen LogP contribution >= 0.6 is 0 Å². The molecule has 0 bridgehead atoms. The van der Waals surface area contributed by atoms with E-state index in [2.05, 4.69) is 23.5 Å². The molecule has 22 heavy (non-hydrogen) atoms. The van der Waals surface area contributed by atoms with Gasteiger partial charge < -0.3 is 10.1 Å². The van der Waals surface area contributed by atoms with Crippen LogP contribution in [0, 0.1) is 0 Å². The second-order valence-corrected chi connectivity index (χ2v) is 5.81. The van der Waals surface area contributed by atoms with Crippen molar-refractivity contribution in [3.8, 4) is 5.75 Å². The number of carbonyl (C=O) groups excluding carboxylic acids is 1. The molecule has 3 heteroatoms. The van der Waals surface area contributed by atoms with E-state index < -0.39 is 0 Å². The van der Waals surface area contributed by atoms with Gasteiger partial charge >= 0.3 is 0 Å². The lowest BCUT2D eigenvalue weighted by molar-refractivity contribution is 0.0939. The van der Waals surface area contributed by atoms with Crippen molar-refractivity contribution in [1.29, 1.82) is 0 Å². The highest BCUT2D eigenvalue weighted by atomic mass is 16.5. The van der Waals surface area contributed by atoms with Crippen LogP contribution in [-0.4, -0.2) is 13.0 Å². The Morgan fingerprint density at radius 3 is 2.77 bits per heavy atom. The molecule has 2 aromatic rings. The maximum Gasteiger partial charge on any atom is 0.251 e. The molecular formula is C19H21NO2. The van der Waals surface area contributed by atoms with Crippen molar-refractivity contribution >= 4 is 5.91 Å². The van der Waals surface area contributed by atoms with E-state index in [0.717, 1.165) is 12.0 Å². The summed E-state index contributed by atoms with van der Waals surface area (Å²) < 4.78 is 5.17. The normalized spacial score (nSPS) is 14.3. The summed E-state index contributed by atoms with van der Waals surface area (Å²) in [6.07, 6.45) is 3.57. The van der Waals surface area contributed by atoms with Crippen LogP contribution in [0.4, 0.5) is 0 Å². The van der Waals surface area contributed by atoms with Gasteiger partial charge in [-0.3, -0.25) is 4.79 Å². The van der Waals surface area contributed by atoms with Gasteiger partial charge in [0.25, 0.3) is 5.91 Å². The summed E-state index contributed by atoms with van der Waals surface area (Å²) in [6.45, 7) is 2.02. The number of ether oxygens (including phenoxy) is 1. The van der Waals surface area contributed by atoms with Gasteiger partial charge in [0.05, 0.1) is 13.2 Å². The molecule has 2 aromatic carbocycles. The molecule has 1 aliphatic rings. The first-order valence-electron chi connectivity index (χ1n) is 7.74. The van der Waals surface area contributed by atoms with Gasteiger partial charge in [0.2, 0.25) is 0 Å². The summed E-state index contributed by atoms with van der Waals surface area (Å²) in [5.74, 6) is 0.615. The third kappa shape index (κ3) is 2.98. The molecule has 0 heterocycles. The van der Waals surface area contributed by atoms with E-state index in [-0.39, 0.29) is 11.9 Å². The van der Waals surface area contributed by atoms with Crippen molar-refractivity contribution in [2.45, 2.75) is 32.2 Å². The largest absolute Gasteiger partial charge is 0.497 e. The van der Waals surface area contributed by atoms with Crippen LogP contribution in [0.15, 0.2) is 42.5 Å². The van der Waals surface area contributed by atoms with Crippen molar-refractivity contribution in [1.82, 2.24) is 5.32 Å². The first kappa shape index (κ1) is 14.6. The second kappa shape index (κ2) is 6.22. The molecule has 114 valence electrons. The minimum absolute atomic E-state index is 0.00963. The smallest absolute Gasteiger partial charge is 0.251 e. The zero-order chi connectivity index (χ0) is 15.5. The summed E-state index contributed by atoms with van der Waals surface area (Å²) in [7, 11) is 1.60. The number of amides is 1. The van der Waals surface area contributed by atoms with E-state index >= 15 is 0 Å². The van der Waals surface area contributed by atoms with Gasteiger partial charge in [-0.1, -0.05) is 24.3 Å². The number of rotatable bonds is 4. The summed E-state index contributed by atoms with van der Waals surface area (Å²) in [4.78, 5) is 12.4. The van der Waals surface area contributed by atoms with Gasteiger partial charge in [0.1, 0.15) is 5.75 Å². The maximum absolute atomic E-state index is 12.4. The first-order valence-corrected chi connectivity index (χ1v) is 7.74. The quantitative estimate of drug-likeness (QED) is 0.934. The van der Waals surface area contributed by atoms with Crippen LogP contribution in [0.2, 0.25) is 0 Å². The van der Waals surface area contributed by atoms with E-state index in [1.807, 2.05) is 19.1 Å². The third-order valence-electron chi connectivity index (χ3n) is 4.30. The highest BCUT2D eigenvalue weighted by Crippen LogP contribution is 2.25.